The second-order valence-electron chi connectivity index (χ2n) is 7.47. The first-order valence-electron chi connectivity index (χ1n) is 9.46. The van der Waals surface area contributed by atoms with Crippen LogP contribution in [0.25, 0.3) is 0 Å². The highest BCUT2D eigenvalue weighted by Crippen LogP contribution is 2.24. The molecule has 0 amide bonds. The maximum atomic E-state index is 5.24. The number of benzene rings is 1. The van der Waals surface area contributed by atoms with Crippen LogP contribution in [0.5, 0.6) is 5.75 Å². The Balaban J connectivity index is 0.00000392. The summed E-state index contributed by atoms with van der Waals surface area (Å²) in [5.74, 6) is 1.70. The molecule has 0 fully saturated rings. The number of methoxy groups -OCH3 is 1. The first kappa shape index (κ1) is 24.3. The summed E-state index contributed by atoms with van der Waals surface area (Å²) in [6.45, 7) is 11.1. The second-order valence-corrected chi connectivity index (χ2v) is 7.47. The monoisotopic (exact) mass is 499 g/mol. The molecule has 0 atom stereocenters. The fourth-order valence-electron chi connectivity index (χ4n) is 3.01. The van der Waals surface area contributed by atoms with Gasteiger partial charge >= 0.3 is 0 Å². The zero-order chi connectivity index (χ0) is 19.9. The SMILES string of the molecule is CN=C(NCCCn1nc(C)cc1C)NCC(C)(C)c1ccc(OC)cc1.I. The summed E-state index contributed by atoms with van der Waals surface area (Å²) >= 11 is 0. The number of aryl methyl sites for hydroxylation is 3. The van der Waals surface area contributed by atoms with Gasteiger partial charge in [-0.1, -0.05) is 26.0 Å². The van der Waals surface area contributed by atoms with Crippen LogP contribution in [-0.4, -0.2) is 43.0 Å². The van der Waals surface area contributed by atoms with E-state index in [1.165, 1.54) is 11.3 Å². The summed E-state index contributed by atoms with van der Waals surface area (Å²) in [4.78, 5) is 4.33. The van der Waals surface area contributed by atoms with Crippen LogP contribution in [-0.2, 0) is 12.0 Å². The van der Waals surface area contributed by atoms with Crippen molar-refractivity contribution >= 4 is 29.9 Å². The fourth-order valence-corrected chi connectivity index (χ4v) is 3.01. The lowest BCUT2D eigenvalue weighted by Gasteiger charge is -2.27. The lowest BCUT2D eigenvalue weighted by Crippen LogP contribution is -2.43. The van der Waals surface area contributed by atoms with Gasteiger partial charge in [0.15, 0.2) is 5.96 Å². The minimum absolute atomic E-state index is 0. The number of aliphatic imine (C=N–C) groups is 1. The lowest BCUT2D eigenvalue weighted by molar-refractivity contribution is 0.414. The number of nitrogens with zero attached hydrogens (tertiary/aromatic N) is 3. The van der Waals surface area contributed by atoms with Crippen molar-refractivity contribution in [2.24, 2.45) is 4.99 Å². The van der Waals surface area contributed by atoms with Gasteiger partial charge in [-0.3, -0.25) is 9.67 Å². The standard InChI is InChI=1S/C21H33N5O.HI/c1-16-14-17(2)26(25-16)13-7-12-23-20(22-5)24-15-21(3,4)18-8-10-19(27-6)11-9-18;/h8-11,14H,7,12-13,15H2,1-6H3,(H2,22,23,24);1H. The molecule has 2 N–H and O–H groups in total. The normalized spacial score (nSPS) is 11.7. The molecule has 0 aliphatic heterocycles. The molecule has 0 saturated carbocycles. The van der Waals surface area contributed by atoms with Crippen molar-refractivity contribution in [3.63, 3.8) is 0 Å². The third-order valence-electron chi connectivity index (χ3n) is 4.74. The Morgan fingerprint density at radius 1 is 1.18 bits per heavy atom. The Bertz CT molecular complexity index is 753. The molecule has 156 valence electrons. The Morgan fingerprint density at radius 3 is 2.39 bits per heavy atom. The molecular weight excluding hydrogens is 465 g/mol. The molecular formula is C21H34IN5O. The van der Waals surface area contributed by atoms with E-state index < -0.39 is 0 Å². The topological polar surface area (TPSA) is 63.5 Å². The lowest BCUT2D eigenvalue weighted by atomic mass is 9.84. The predicted molar refractivity (Wildman–Crippen MR) is 127 cm³/mol. The Hall–Kier alpha value is -1.77. The van der Waals surface area contributed by atoms with Crippen LogP contribution in [0.4, 0.5) is 0 Å². The smallest absolute Gasteiger partial charge is 0.191 e. The number of ether oxygens (including phenoxy) is 1. The van der Waals surface area contributed by atoms with Crippen molar-refractivity contribution in [3.05, 3.63) is 47.3 Å². The van der Waals surface area contributed by atoms with E-state index in [0.717, 1.165) is 43.5 Å². The molecule has 0 saturated heterocycles. The zero-order valence-electron chi connectivity index (χ0n) is 17.9. The number of nitrogens with one attached hydrogen (secondary N) is 2. The summed E-state index contributed by atoms with van der Waals surface area (Å²) in [7, 11) is 3.49. The largest absolute Gasteiger partial charge is 0.497 e. The Kier molecular flexibility index (Phi) is 9.78. The number of hydrogen-bond donors (Lipinski definition) is 2. The number of guanidine groups is 1. The van der Waals surface area contributed by atoms with Gasteiger partial charge in [-0.25, -0.2) is 0 Å². The summed E-state index contributed by atoms with van der Waals surface area (Å²) in [6.07, 6.45) is 0.991. The summed E-state index contributed by atoms with van der Waals surface area (Å²) in [5, 5.41) is 11.3. The molecule has 0 aliphatic rings. The van der Waals surface area contributed by atoms with Crippen molar-refractivity contribution < 1.29 is 4.74 Å². The third-order valence-corrected chi connectivity index (χ3v) is 4.74. The van der Waals surface area contributed by atoms with Crippen LogP contribution in [0.1, 0.15) is 37.2 Å². The molecule has 1 heterocycles. The summed E-state index contributed by atoms with van der Waals surface area (Å²) < 4.78 is 7.30. The Labute approximate surface area is 186 Å². The number of halogens is 1. The van der Waals surface area contributed by atoms with Crippen molar-refractivity contribution in [2.75, 3.05) is 27.2 Å². The predicted octanol–water partition coefficient (Wildman–Crippen LogP) is 3.66. The van der Waals surface area contributed by atoms with Crippen molar-refractivity contribution in [1.29, 1.82) is 0 Å². The highest BCUT2D eigenvalue weighted by molar-refractivity contribution is 14.0. The van der Waals surface area contributed by atoms with E-state index in [0.29, 0.717) is 0 Å². The van der Waals surface area contributed by atoms with Crippen LogP contribution >= 0.6 is 24.0 Å². The number of rotatable bonds is 8. The molecule has 0 radical (unpaired) electrons. The van der Waals surface area contributed by atoms with Crippen molar-refractivity contribution in [3.8, 4) is 5.75 Å². The Morgan fingerprint density at radius 2 is 1.86 bits per heavy atom. The average Bonchev–Trinajstić information content (AvgIpc) is 2.98. The van der Waals surface area contributed by atoms with Gasteiger partial charge < -0.3 is 15.4 Å². The van der Waals surface area contributed by atoms with E-state index in [-0.39, 0.29) is 29.4 Å². The first-order valence-corrected chi connectivity index (χ1v) is 9.46. The van der Waals surface area contributed by atoms with Gasteiger partial charge in [-0.2, -0.15) is 5.10 Å². The second kappa shape index (κ2) is 11.3. The molecule has 0 aliphatic carbocycles. The highest BCUT2D eigenvalue weighted by Gasteiger charge is 2.21. The molecule has 2 aromatic rings. The quantitative estimate of drug-likeness (QED) is 0.252. The highest BCUT2D eigenvalue weighted by atomic mass is 127. The zero-order valence-corrected chi connectivity index (χ0v) is 20.2. The van der Waals surface area contributed by atoms with E-state index in [4.69, 9.17) is 4.74 Å². The van der Waals surface area contributed by atoms with Gasteiger partial charge in [0.1, 0.15) is 5.75 Å². The minimum atomic E-state index is -0.0202. The number of aromatic nitrogens is 2. The van der Waals surface area contributed by atoms with Gasteiger partial charge in [-0.05, 0) is 44.0 Å². The van der Waals surface area contributed by atoms with Crippen LogP contribution in [0, 0.1) is 13.8 Å². The molecule has 7 heteroatoms. The molecule has 1 aromatic heterocycles. The van der Waals surface area contributed by atoms with Crippen molar-refractivity contribution in [2.45, 2.75) is 46.1 Å². The van der Waals surface area contributed by atoms with Gasteiger partial charge in [0.05, 0.1) is 12.8 Å². The molecule has 1 aromatic carbocycles. The maximum absolute atomic E-state index is 5.24. The first-order chi connectivity index (χ1) is 12.9. The van der Waals surface area contributed by atoms with Gasteiger partial charge in [0, 0.05) is 37.8 Å². The minimum Gasteiger partial charge on any atom is -0.497 e. The molecule has 6 nitrogen and oxygen atoms in total. The van der Waals surface area contributed by atoms with Crippen LogP contribution in [0.2, 0.25) is 0 Å². The summed E-state index contributed by atoms with van der Waals surface area (Å²) in [6, 6.07) is 10.3. The van der Waals surface area contributed by atoms with E-state index in [1.54, 1.807) is 14.2 Å². The van der Waals surface area contributed by atoms with Gasteiger partial charge in [-0.15, -0.1) is 24.0 Å². The van der Waals surface area contributed by atoms with E-state index >= 15 is 0 Å². The van der Waals surface area contributed by atoms with Crippen molar-refractivity contribution in [1.82, 2.24) is 20.4 Å². The number of hydrogen-bond acceptors (Lipinski definition) is 3. The van der Waals surface area contributed by atoms with Crippen LogP contribution < -0.4 is 15.4 Å². The summed E-state index contributed by atoms with van der Waals surface area (Å²) in [5.41, 5.74) is 3.51. The molecule has 2 rings (SSSR count). The molecule has 0 spiro atoms. The molecule has 0 bridgehead atoms. The van der Waals surface area contributed by atoms with E-state index in [1.807, 2.05) is 19.1 Å². The maximum Gasteiger partial charge on any atom is 0.191 e. The average molecular weight is 499 g/mol. The molecule has 0 unspecified atom stereocenters. The fraction of sp³-hybridized carbons (Fsp3) is 0.524. The van der Waals surface area contributed by atoms with Crippen LogP contribution in [0.3, 0.4) is 0 Å². The van der Waals surface area contributed by atoms with Gasteiger partial charge in [0.25, 0.3) is 0 Å². The van der Waals surface area contributed by atoms with E-state index in [2.05, 4.69) is 64.4 Å². The van der Waals surface area contributed by atoms with E-state index in [9.17, 15) is 0 Å². The van der Waals surface area contributed by atoms with Crippen LogP contribution in [0.15, 0.2) is 35.3 Å². The third kappa shape index (κ3) is 7.00. The molecule has 28 heavy (non-hydrogen) atoms. The van der Waals surface area contributed by atoms with Gasteiger partial charge in [0.2, 0.25) is 0 Å².